The molecule has 1 atom stereocenters. The number of nitrogens with zero attached hydrogens (tertiary/aromatic N) is 2. The summed E-state index contributed by atoms with van der Waals surface area (Å²) in [5, 5.41) is 3.44. The third-order valence-corrected chi connectivity index (χ3v) is 9.73. The Morgan fingerprint density at radius 3 is 2.08 bits per heavy atom. The number of carbonyl (C=O) groups is 2. The van der Waals surface area contributed by atoms with E-state index in [9.17, 15) is 18.0 Å². The van der Waals surface area contributed by atoms with Crippen molar-refractivity contribution in [3.05, 3.63) is 119 Å². The van der Waals surface area contributed by atoms with Gasteiger partial charge in [0.15, 0.2) is 11.5 Å². The van der Waals surface area contributed by atoms with E-state index in [2.05, 4.69) is 5.32 Å². The quantitative estimate of drug-likeness (QED) is 0.174. The van der Waals surface area contributed by atoms with Gasteiger partial charge in [0.05, 0.1) is 24.8 Å². The number of sulfonamides is 1. The zero-order valence-electron chi connectivity index (χ0n) is 28.1. The molecule has 4 rings (SSSR count). The van der Waals surface area contributed by atoms with Crippen LogP contribution in [0.3, 0.4) is 0 Å². The van der Waals surface area contributed by atoms with Crippen LogP contribution in [0.4, 0.5) is 5.69 Å². The van der Waals surface area contributed by atoms with Crippen LogP contribution in [0.1, 0.15) is 37.5 Å². The van der Waals surface area contributed by atoms with Crippen LogP contribution in [0.25, 0.3) is 0 Å². The number of methoxy groups -OCH3 is 2. The molecule has 48 heavy (non-hydrogen) atoms. The van der Waals surface area contributed by atoms with E-state index in [1.165, 1.54) is 49.5 Å². The van der Waals surface area contributed by atoms with Crippen LogP contribution in [0, 0.1) is 6.92 Å². The fourth-order valence-electron chi connectivity index (χ4n) is 5.22. The number of anilines is 1. The standard InChI is InChI=1S/C37H42ClN3O6S/c1-26-12-10-11-15-28(26)24-40(32(36(43)39-37(2,3)4)22-27-13-8-7-9-14-27)35(42)25-41(30-18-16-29(38)17-19-30)48(44,45)31-20-21-33(46-5)34(23-31)47-6/h7-21,23,32H,22,24-25H2,1-6H3,(H,39,43). The number of benzene rings is 4. The van der Waals surface area contributed by atoms with Crippen LogP contribution in [0.15, 0.2) is 102 Å². The lowest BCUT2D eigenvalue weighted by atomic mass is 10.00. The third kappa shape index (κ3) is 9.08. The highest BCUT2D eigenvalue weighted by atomic mass is 35.5. The highest BCUT2D eigenvalue weighted by Crippen LogP contribution is 2.33. The Morgan fingerprint density at radius 1 is 0.854 bits per heavy atom. The minimum Gasteiger partial charge on any atom is -0.493 e. The molecule has 0 aromatic heterocycles. The number of halogens is 1. The van der Waals surface area contributed by atoms with Gasteiger partial charge in [-0.05, 0) is 80.8 Å². The van der Waals surface area contributed by atoms with Crippen molar-refractivity contribution in [1.29, 1.82) is 0 Å². The van der Waals surface area contributed by atoms with E-state index in [1.807, 2.05) is 82.3 Å². The fraction of sp³-hybridized carbons (Fsp3) is 0.297. The zero-order valence-corrected chi connectivity index (χ0v) is 29.6. The van der Waals surface area contributed by atoms with Crippen molar-refractivity contribution in [2.75, 3.05) is 25.1 Å². The average Bonchev–Trinajstić information content (AvgIpc) is 3.05. The minimum absolute atomic E-state index is 0.0748. The summed E-state index contributed by atoms with van der Waals surface area (Å²) < 4.78 is 40.5. The first-order chi connectivity index (χ1) is 22.7. The number of amides is 2. The van der Waals surface area contributed by atoms with Gasteiger partial charge in [0, 0.05) is 29.6 Å². The largest absolute Gasteiger partial charge is 0.493 e. The Kier molecular flexibility index (Phi) is 11.8. The molecule has 0 aliphatic heterocycles. The average molecular weight is 692 g/mol. The monoisotopic (exact) mass is 691 g/mol. The van der Waals surface area contributed by atoms with Crippen molar-refractivity contribution >= 4 is 39.1 Å². The second-order valence-electron chi connectivity index (χ2n) is 12.4. The number of hydrogen-bond acceptors (Lipinski definition) is 6. The van der Waals surface area contributed by atoms with Gasteiger partial charge in [-0.2, -0.15) is 0 Å². The first kappa shape index (κ1) is 36.3. The van der Waals surface area contributed by atoms with E-state index in [-0.39, 0.29) is 35.2 Å². The van der Waals surface area contributed by atoms with Gasteiger partial charge in [-0.15, -0.1) is 0 Å². The number of nitrogens with one attached hydrogen (secondary N) is 1. The molecule has 9 nitrogen and oxygen atoms in total. The highest BCUT2D eigenvalue weighted by Gasteiger charge is 2.36. The fourth-order valence-corrected chi connectivity index (χ4v) is 6.77. The van der Waals surface area contributed by atoms with Crippen LogP contribution in [-0.4, -0.2) is 57.5 Å². The summed E-state index contributed by atoms with van der Waals surface area (Å²) in [6.07, 6.45) is 0.212. The Hall–Kier alpha value is -4.54. The molecule has 0 radical (unpaired) electrons. The predicted octanol–water partition coefficient (Wildman–Crippen LogP) is 6.42. The van der Waals surface area contributed by atoms with Gasteiger partial charge in [-0.1, -0.05) is 66.2 Å². The number of aryl methyl sites for hydroxylation is 1. The maximum absolute atomic E-state index is 14.7. The van der Waals surface area contributed by atoms with Gasteiger partial charge >= 0.3 is 0 Å². The van der Waals surface area contributed by atoms with E-state index >= 15 is 0 Å². The summed E-state index contributed by atoms with van der Waals surface area (Å²) in [6, 6.07) is 26.5. The van der Waals surface area contributed by atoms with Crippen molar-refractivity contribution in [3.63, 3.8) is 0 Å². The van der Waals surface area contributed by atoms with Crippen LogP contribution in [0.5, 0.6) is 11.5 Å². The van der Waals surface area contributed by atoms with Gasteiger partial charge in [0.1, 0.15) is 12.6 Å². The number of rotatable bonds is 13. The van der Waals surface area contributed by atoms with Crippen LogP contribution < -0.4 is 19.1 Å². The highest BCUT2D eigenvalue weighted by molar-refractivity contribution is 7.92. The Labute approximate surface area is 288 Å². The Balaban J connectivity index is 1.85. The van der Waals surface area contributed by atoms with Crippen LogP contribution in [-0.2, 0) is 32.6 Å². The van der Waals surface area contributed by atoms with Crippen molar-refractivity contribution in [2.45, 2.75) is 57.1 Å². The van der Waals surface area contributed by atoms with E-state index in [0.29, 0.717) is 10.8 Å². The van der Waals surface area contributed by atoms with Crippen molar-refractivity contribution in [2.24, 2.45) is 0 Å². The lowest BCUT2D eigenvalue weighted by Gasteiger charge is -2.35. The molecule has 1 N–H and O–H groups in total. The van der Waals surface area contributed by atoms with Crippen molar-refractivity contribution in [3.8, 4) is 11.5 Å². The third-order valence-electron chi connectivity index (χ3n) is 7.71. The summed E-state index contributed by atoms with van der Waals surface area (Å²) in [4.78, 5) is 30.1. The minimum atomic E-state index is -4.36. The molecule has 0 bridgehead atoms. The van der Waals surface area contributed by atoms with E-state index < -0.39 is 34.1 Å². The molecule has 0 fully saturated rings. The van der Waals surface area contributed by atoms with Crippen LogP contribution >= 0.6 is 11.6 Å². The number of carbonyl (C=O) groups excluding carboxylic acids is 2. The molecule has 0 spiro atoms. The summed E-state index contributed by atoms with van der Waals surface area (Å²) in [6.45, 7) is 7.02. The molecule has 4 aromatic carbocycles. The predicted molar refractivity (Wildman–Crippen MR) is 189 cm³/mol. The maximum atomic E-state index is 14.7. The molecule has 0 saturated carbocycles. The molecule has 0 aliphatic rings. The topological polar surface area (TPSA) is 105 Å². The summed E-state index contributed by atoms with van der Waals surface area (Å²) in [5.41, 5.74) is 2.24. The van der Waals surface area contributed by atoms with Crippen molar-refractivity contribution in [1.82, 2.24) is 10.2 Å². The summed E-state index contributed by atoms with van der Waals surface area (Å²) in [7, 11) is -1.50. The molecule has 254 valence electrons. The molecule has 11 heteroatoms. The van der Waals surface area contributed by atoms with Crippen molar-refractivity contribution < 1.29 is 27.5 Å². The molecule has 0 saturated heterocycles. The zero-order chi connectivity index (χ0) is 35.1. The maximum Gasteiger partial charge on any atom is 0.264 e. The lowest BCUT2D eigenvalue weighted by Crippen LogP contribution is -2.56. The molecular formula is C37H42ClN3O6S. The second-order valence-corrected chi connectivity index (χ2v) is 14.7. The van der Waals surface area contributed by atoms with E-state index in [1.54, 1.807) is 12.1 Å². The molecular weight excluding hydrogens is 650 g/mol. The molecule has 1 unspecified atom stereocenters. The lowest BCUT2D eigenvalue weighted by molar-refractivity contribution is -0.140. The molecule has 0 aliphatic carbocycles. The molecule has 4 aromatic rings. The van der Waals surface area contributed by atoms with Gasteiger partial charge in [-0.3, -0.25) is 13.9 Å². The summed E-state index contributed by atoms with van der Waals surface area (Å²) in [5.74, 6) is -0.358. The number of hydrogen-bond donors (Lipinski definition) is 1. The van der Waals surface area contributed by atoms with Gasteiger partial charge in [0.25, 0.3) is 10.0 Å². The van der Waals surface area contributed by atoms with Gasteiger partial charge in [0.2, 0.25) is 11.8 Å². The molecule has 2 amide bonds. The van der Waals surface area contributed by atoms with E-state index in [0.717, 1.165) is 21.0 Å². The first-order valence-electron chi connectivity index (χ1n) is 15.4. The number of ether oxygens (including phenoxy) is 2. The molecule has 0 heterocycles. The van der Waals surface area contributed by atoms with E-state index in [4.69, 9.17) is 21.1 Å². The smallest absolute Gasteiger partial charge is 0.264 e. The van der Waals surface area contributed by atoms with Crippen LogP contribution in [0.2, 0.25) is 5.02 Å². The normalized spacial score (nSPS) is 12.1. The van der Waals surface area contributed by atoms with Gasteiger partial charge in [-0.25, -0.2) is 8.42 Å². The Morgan fingerprint density at radius 2 is 1.48 bits per heavy atom. The first-order valence-corrected chi connectivity index (χ1v) is 17.3. The Bertz CT molecular complexity index is 1830. The summed E-state index contributed by atoms with van der Waals surface area (Å²) >= 11 is 6.17. The van der Waals surface area contributed by atoms with Gasteiger partial charge < -0.3 is 19.7 Å². The second kappa shape index (κ2) is 15.6. The SMILES string of the molecule is COc1ccc(S(=O)(=O)N(CC(=O)N(Cc2ccccc2C)C(Cc2ccccc2)C(=O)NC(C)(C)C)c2ccc(Cl)cc2)cc1OC.